The summed E-state index contributed by atoms with van der Waals surface area (Å²) < 4.78 is 0. The van der Waals surface area contributed by atoms with Crippen LogP contribution in [-0.4, -0.2) is 40.3 Å². The zero-order valence-electron chi connectivity index (χ0n) is 20.3. The highest BCUT2D eigenvalue weighted by Gasteiger charge is 2.41. The third kappa shape index (κ3) is 6.11. The van der Waals surface area contributed by atoms with Gasteiger partial charge in [0.2, 0.25) is 5.91 Å². The first-order valence-corrected chi connectivity index (χ1v) is 11.5. The molecular weight excluding hydrogens is 428 g/mol. The summed E-state index contributed by atoms with van der Waals surface area (Å²) >= 11 is 0. The molecule has 4 N–H and O–H groups in total. The van der Waals surface area contributed by atoms with Crippen LogP contribution in [0.15, 0.2) is 60.9 Å². The number of hydrogen-bond acceptors (Lipinski definition) is 4. The molecule has 34 heavy (non-hydrogen) atoms. The molecule has 1 fully saturated rings. The van der Waals surface area contributed by atoms with E-state index in [2.05, 4.69) is 78.0 Å². The molecule has 1 amide bonds. The predicted molar refractivity (Wildman–Crippen MR) is 135 cm³/mol. The molecule has 4 rings (SSSR count). The summed E-state index contributed by atoms with van der Waals surface area (Å²) in [6.07, 6.45) is 5.25. The normalized spacial score (nSPS) is 15.1. The fourth-order valence-electron chi connectivity index (χ4n) is 4.21. The van der Waals surface area contributed by atoms with E-state index in [1.165, 1.54) is 5.56 Å². The molecule has 0 radical (unpaired) electrons. The number of carbonyl (C=O) groups excluding carboxylic acids is 1. The first-order chi connectivity index (χ1) is 16.1. The number of nitrogens with one attached hydrogen (secondary N) is 3. The Morgan fingerprint density at radius 3 is 2.24 bits per heavy atom. The van der Waals surface area contributed by atoms with Gasteiger partial charge in [-0.15, -0.1) is 0 Å². The lowest BCUT2D eigenvalue weighted by molar-refractivity contribution is -0.134. The third-order valence-electron chi connectivity index (χ3n) is 6.15. The smallest absolute Gasteiger partial charge is 0.300 e. The molecule has 1 saturated heterocycles. The second-order valence-corrected chi connectivity index (χ2v) is 9.70. The summed E-state index contributed by atoms with van der Waals surface area (Å²) in [4.78, 5) is 22.6. The van der Waals surface area contributed by atoms with Crippen LogP contribution in [0.2, 0.25) is 0 Å². The van der Waals surface area contributed by atoms with Crippen molar-refractivity contribution in [2.75, 3.05) is 18.4 Å². The first-order valence-electron chi connectivity index (χ1n) is 11.5. The van der Waals surface area contributed by atoms with Crippen molar-refractivity contribution in [3.05, 3.63) is 72.1 Å². The molecule has 2 heterocycles. The largest absolute Gasteiger partial charge is 0.481 e. The Morgan fingerprint density at radius 1 is 1.03 bits per heavy atom. The molecule has 1 aromatic heterocycles. The Bertz CT molecular complexity index is 1090. The minimum atomic E-state index is -0.833. The van der Waals surface area contributed by atoms with Crippen molar-refractivity contribution in [1.82, 2.24) is 15.5 Å². The summed E-state index contributed by atoms with van der Waals surface area (Å²) in [6, 6.07) is 16.6. The number of rotatable bonds is 4. The molecule has 0 bridgehead atoms. The second-order valence-electron chi connectivity index (χ2n) is 9.70. The monoisotopic (exact) mass is 462 g/mol. The van der Waals surface area contributed by atoms with Crippen molar-refractivity contribution < 1.29 is 14.7 Å². The number of carboxylic acids is 1. The molecule has 0 aliphatic carbocycles. The van der Waals surface area contributed by atoms with E-state index in [-0.39, 0.29) is 11.3 Å². The lowest BCUT2D eigenvalue weighted by Gasteiger charge is -2.37. The quantitative estimate of drug-likeness (QED) is 0.449. The van der Waals surface area contributed by atoms with E-state index in [1.54, 1.807) is 0 Å². The van der Waals surface area contributed by atoms with Gasteiger partial charge in [-0.05, 0) is 60.2 Å². The van der Waals surface area contributed by atoms with Crippen molar-refractivity contribution >= 4 is 17.6 Å². The predicted octanol–water partition coefficient (Wildman–Crippen LogP) is 4.73. The number of aromatic nitrogens is 2. The van der Waals surface area contributed by atoms with Crippen molar-refractivity contribution in [1.29, 1.82) is 0 Å². The topological polar surface area (TPSA) is 107 Å². The third-order valence-corrected chi connectivity index (χ3v) is 6.15. The lowest BCUT2D eigenvalue weighted by Crippen LogP contribution is -2.48. The number of carboxylic acid groups (broad SMARTS) is 1. The van der Waals surface area contributed by atoms with Crippen molar-refractivity contribution in [2.45, 2.75) is 51.4 Å². The average molecular weight is 463 g/mol. The Balaban J connectivity index is 0.000000751. The Labute approximate surface area is 201 Å². The average Bonchev–Trinajstić information content (AvgIpc) is 3.34. The van der Waals surface area contributed by atoms with Gasteiger partial charge in [-0.2, -0.15) is 5.10 Å². The molecule has 0 atom stereocenters. The zero-order chi connectivity index (χ0) is 24.8. The second kappa shape index (κ2) is 10.7. The highest BCUT2D eigenvalue weighted by molar-refractivity contribution is 5.99. The van der Waals surface area contributed by atoms with Gasteiger partial charge in [0.25, 0.3) is 5.97 Å². The maximum Gasteiger partial charge on any atom is 0.300 e. The van der Waals surface area contributed by atoms with E-state index in [0.29, 0.717) is 0 Å². The van der Waals surface area contributed by atoms with E-state index < -0.39 is 11.4 Å². The van der Waals surface area contributed by atoms with Gasteiger partial charge in [-0.1, -0.05) is 57.2 Å². The van der Waals surface area contributed by atoms with Gasteiger partial charge >= 0.3 is 0 Å². The summed E-state index contributed by atoms with van der Waals surface area (Å²) in [5.41, 5.74) is 4.79. The first kappa shape index (κ1) is 25.2. The molecular formula is C27H34N4O3. The number of aromatic amines is 1. The summed E-state index contributed by atoms with van der Waals surface area (Å²) in [6.45, 7) is 9.30. The molecule has 7 heteroatoms. The Morgan fingerprint density at radius 2 is 1.68 bits per heavy atom. The molecule has 0 unspecified atom stereocenters. The number of hydrogen-bond donors (Lipinski definition) is 4. The van der Waals surface area contributed by atoms with Crippen molar-refractivity contribution in [3.63, 3.8) is 0 Å². The van der Waals surface area contributed by atoms with Crippen LogP contribution >= 0.6 is 0 Å². The molecule has 1 aliphatic heterocycles. The molecule has 2 aromatic carbocycles. The van der Waals surface area contributed by atoms with E-state index in [1.807, 2.05) is 24.5 Å². The summed E-state index contributed by atoms with van der Waals surface area (Å²) in [7, 11) is 0. The minimum Gasteiger partial charge on any atom is -0.481 e. The van der Waals surface area contributed by atoms with Crippen LogP contribution in [0.5, 0.6) is 0 Å². The van der Waals surface area contributed by atoms with Gasteiger partial charge in [-0.25, -0.2) is 0 Å². The maximum atomic E-state index is 13.6. The number of anilines is 1. The van der Waals surface area contributed by atoms with E-state index in [9.17, 15) is 4.79 Å². The number of piperidine rings is 1. The van der Waals surface area contributed by atoms with Crippen LogP contribution in [0.25, 0.3) is 11.1 Å². The van der Waals surface area contributed by atoms with Gasteiger partial charge in [0, 0.05) is 24.4 Å². The van der Waals surface area contributed by atoms with Crippen molar-refractivity contribution in [3.8, 4) is 11.1 Å². The fourth-order valence-corrected chi connectivity index (χ4v) is 4.21. The SMILES string of the molecule is CC(=O)O.CC(C)(C)c1cccc(NC(=O)C2(c3ccc(-c4cn[nH]c4)cc3)CCNCC2)c1. The number of H-pyrrole nitrogens is 1. The highest BCUT2D eigenvalue weighted by Crippen LogP contribution is 2.36. The van der Waals surface area contributed by atoms with E-state index in [4.69, 9.17) is 9.90 Å². The number of benzene rings is 2. The Kier molecular flexibility index (Phi) is 7.89. The fraction of sp³-hybridized carbons (Fsp3) is 0.370. The van der Waals surface area contributed by atoms with Crippen LogP contribution < -0.4 is 10.6 Å². The van der Waals surface area contributed by atoms with Gasteiger partial charge in [0.15, 0.2) is 0 Å². The summed E-state index contributed by atoms with van der Waals surface area (Å²) in [5.74, 6) is -0.758. The Hall–Kier alpha value is -3.45. The van der Waals surface area contributed by atoms with Crippen LogP contribution in [0.3, 0.4) is 0 Å². The summed E-state index contributed by atoms with van der Waals surface area (Å²) in [5, 5.41) is 20.9. The van der Waals surface area contributed by atoms with Gasteiger partial charge < -0.3 is 15.7 Å². The standard InChI is InChI=1S/C25H30N4O.C2H4O2/c1-24(2,3)21-5-4-6-22(15-21)29-23(30)25(11-13-26-14-12-25)20-9-7-18(8-10-20)19-16-27-28-17-19;1-2(3)4/h4-10,15-17,26H,11-14H2,1-3H3,(H,27,28)(H,29,30);1H3,(H,3,4). The maximum absolute atomic E-state index is 13.6. The number of aliphatic carboxylic acids is 1. The minimum absolute atomic E-state index is 0.0378. The van der Waals surface area contributed by atoms with Gasteiger partial charge in [0.05, 0.1) is 11.6 Å². The highest BCUT2D eigenvalue weighted by atomic mass is 16.4. The molecule has 1 aliphatic rings. The molecule has 0 spiro atoms. The van der Waals surface area contributed by atoms with Crippen LogP contribution in [0, 0.1) is 0 Å². The van der Waals surface area contributed by atoms with Crippen LogP contribution in [-0.2, 0) is 20.4 Å². The van der Waals surface area contributed by atoms with Crippen LogP contribution in [0.4, 0.5) is 5.69 Å². The van der Waals surface area contributed by atoms with E-state index in [0.717, 1.165) is 55.2 Å². The molecule has 3 aromatic rings. The van der Waals surface area contributed by atoms with Crippen LogP contribution in [0.1, 0.15) is 51.7 Å². The van der Waals surface area contributed by atoms with E-state index >= 15 is 0 Å². The molecule has 180 valence electrons. The van der Waals surface area contributed by atoms with Gasteiger partial charge in [0.1, 0.15) is 0 Å². The zero-order valence-corrected chi connectivity index (χ0v) is 20.3. The van der Waals surface area contributed by atoms with Gasteiger partial charge in [-0.3, -0.25) is 14.7 Å². The number of nitrogens with zero attached hydrogens (tertiary/aromatic N) is 1. The van der Waals surface area contributed by atoms with Crippen molar-refractivity contribution in [2.24, 2.45) is 0 Å². The molecule has 0 saturated carbocycles. The number of amides is 1. The lowest BCUT2D eigenvalue weighted by atomic mass is 9.72. The number of carbonyl (C=O) groups is 2. The molecule has 7 nitrogen and oxygen atoms in total.